The van der Waals surface area contributed by atoms with E-state index >= 15 is 0 Å². The van der Waals surface area contributed by atoms with Crippen LogP contribution in [0.15, 0.2) is 0 Å². The number of hydrogen-bond donors (Lipinski definition) is 1. The lowest BCUT2D eigenvalue weighted by Crippen LogP contribution is -2.29. The number of carbonyl (C=O) groups excluding carboxylic acids is 1. The Balaban J connectivity index is 0.000000292. The lowest BCUT2D eigenvalue weighted by Gasteiger charge is -2.22. The third-order valence-electron chi connectivity index (χ3n) is 1.41. The van der Waals surface area contributed by atoms with Crippen molar-refractivity contribution >= 4 is 18.1 Å². The molecule has 1 aliphatic rings. The lowest BCUT2D eigenvalue weighted by atomic mass is 10.1. The number of hydrogen-bond acceptors (Lipinski definition) is 3. The van der Waals surface area contributed by atoms with E-state index in [1.54, 1.807) is 4.42 Å². The SMILES string of the molecule is CC=O.OC1CCN(Cl)CC1. The van der Waals surface area contributed by atoms with E-state index in [-0.39, 0.29) is 6.10 Å². The molecule has 0 aromatic carbocycles. The highest BCUT2D eigenvalue weighted by atomic mass is 35.5. The van der Waals surface area contributed by atoms with Gasteiger partial charge < -0.3 is 9.90 Å². The van der Waals surface area contributed by atoms with E-state index in [1.807, 2.05) is 0 Å². The van der Waals surface area contributed by atoms with Gasteiger partial charge in [-0.2, -0.15) is 0 Å². The van der Waals surface area contributed by atoms with Gasteiger partial charge in [0, 0.05) is 13.1 Å². The molecule has 1 rings (SSSR count). The molecule has 0 atom stereocenters. The minimum atomic E-state index is -0.106. The summed E-state index contributed by atoms with van der Waals surface area (Å²) in [7, 11) is 0. The van der Waals surface area contributed by atoms with E-state index in [0.717, 1.165) is 32.2 Å². The molecule has 0 spiro atoms. The molecule has 1 fully saturated rings. The van der Waals surface area contributed by atoms with Crippen molar-refractivity contribution in [2.45, 2.75) is 25.9 Å². The summed E-state index contributed by atoms with van der Waals surface area (Å²) in [6, 6.07) is 0. The van der Waals surface area contributed by atoms with Crippen molar-refractivity contribution in [3.05, 3.63) is 0 Å². The predicted molar refractivity (Wildman–Crippen MR) is 44.4 cm³/mol. The molecule has 0 radical (unpaired) electrons. The number of aldehydes is 1. The first kappa shape index (κ1) is 10.9. The van der Waals surface area contributed by atoms with E-state index in [0.29, 0.717) is 0 Å². The van der Waals surface area contributed by atoms with E-state index in [9.17, 15) is 0 Å². The molecule has 0 aliphatic carbocycles. The quantitative estimate of drug-likeness (QED) is 0.442. The average molecular weight is 180 g/mol. The summed E-state index contributed by atoms with van der Waals surface area (Å²) in [6.45, 7) is 3.09. The maximum absolute atomic E-state index is 8.94. The molecule has 11 heavy (non-hydrogen) atoms. The molecule has 0 unspecified atom stereocenters. The Bertz CT molecular complexity index is 92.6. The standard InChI is InChI=1S/C5H10ClNO.C2H4O/c6-7-3-1-5(8)2-4-7;1-2-3/h5,8H,1-4H2;2H,1H3. The first-order valence-corrected chi connectivity index (χ1v) is 4.03. The van der Waals surface area contributed by atoms with Crippen LogP contribution in [-0.2, 0) is 4.79 Å². The lowest BCUT2D eigenvalue weighted by molar-refractivity contribution is -0.106. The van der Waals surface area contributed by atoms with E-state index < -0.39 is 0 Å². The van der Waals surface area contributed by atoms with Crippen LogP contribution >= 0.6 is 11.8 Å². The highest BCUT2D eigenvalue weighted by molar-refractivity contribution is 6.13. The molecular formula is C7H14ClNO2. The van der Waals surface area contributed by atoms with Gasteiger partial charge in [0.15, 0.2) is 0 Å². The second-order valence-corrected chi connectivity index (χ2v) is 2.85. The summed E-state index contributed by atoms with van der Waals surface area (Å²) in [5.41, 5.74) is 0. The highest BCUT2D eigenvalue weighted by Crippen LogP contribution is 2.10. The minimum absolute atomic E-state index is 0.106. The van der Waals surface area contributed by atoms with E-state index in [2.05, 4.69) is 0 Å². The van der Waals surface area contributed by atoms with Crippen molar-refractivity contribution in [1.29, 1.82) is 0 Å². The van der Waals surface area contributed by atoms with Crippen LogP contribution in [0.1, 0.15) is 19.8 Å². The maximum Gasteiger partial charge on any atom is 0.116 e. The molecule has 0 aromatic heterocycles. The van der Waals surface area contributed by atoms with Crippen LogP contribution in [0.4, 0.5) is 0 Å². The fourth-order valence-corrected chi connectivity index (χ4v) is 1.03. The van der Waals surface area contributed by atoms with Gasteiger partial charge in [-0.15, -0.1) is 0 Å². The zero-order valence-electron chi connectivity index (χ0n) is 6.66. The average Bonchev–Trinajstić information content (AvgIpc) is 1.97. The number of halogens is 1. The normalized spacial score (nSPS) is 20.3. The Labute approximate surface area is 72.1 Å². The van der Waals surface area contributed by atoms with E-state index in [4.69, 9.17) is 21.7 Å². The predicted octanol–water partition coefficient (Wildman–Crippen LogP) is 0.802. The van der Waals surface area contributed by atoms with Crippen LogP contribution in [0, 0.1) is 0 Å². The minimum Gasteiger partial charge on any atom is -0.393 e. The summed E-state index contributed by atoms with van der Waals surface area (Å²) in [4.78, 5) is 8.81. The first-order valence-electron chi connectivity index (χ1n) is 3.69. The van der Waals surface area contributed by atoms with Crippen LogP contribution in [0.3, 0.4) is 0 Å². The van der Waals surface area contributed by atoms with E-state index in [1.165, 1.54) is 6.92 Å². The monoisotopic (exact) mass is 179 g/mol. The van der Waals surface area contributed by atoms with Gasteiger partial charge in [-0.05, 0) is 31.5 Å². The zero-order valence-corrected chi connectivity index (χ0v) is 7.42. The fourth-order valence-electron chi connectivity index (χ4n) is 0.834. The molecule has 0 amide bonds. The largest absolute Gasteiger partial charge is 0.393 e. The molecule has 1 heterocycles. The topological polar surface area (TPSA) is 40.5 Å². The summed E-state index contributed by atoms with van der Waals surface area (Å²) in [5.74, 6) is 0. The third-order valence-corrected chi connectivity index (χ3v) is 1.75. The van der Waals surface area contributed by atoms with Crippen LogP contribution in [-0.4, -0.2) is 35.0 Å². The molecule has 1 saturated heterocycles. The molecule has 1 aliphatic heterocycles. The van der Waals surface area contributed by atoms with Crippen molar-refractivity contribution in [3.8, 4) is 0 Å². The summed E-state index contributed by atoms with van der Waals surface area (Å²) in [6.07, 6.45) is 2.29. The van der Waals surface area contributed by atoms with Crippen molar-refractivity contribution in [1.82, 2.24) is 4.42 Å². The summed E-state index contributed by atoms with van der Waals surface area (Å²) >= 11 is 5.60. The molecule has 3 nitrogen and oxygen atoms in total. The first-order chi connectivity index (χ1) is 5.20. The molecule has 0 bridgehead atoms. The number of piperidine rings is 1. The van der Waals surface area contributed by atoms with Crippen molar-refractivity contribution in [2.24, 2.45) is 0 Å². The van der Waals surface area contributed by atoms with Gasteiger partial charge in [0.05, 0.1) is 6.10 Å². The second kappa shape index (κ2) is 6.58. The Morgan fingerprint density at radius 3 is 2.18 bits per heavy atom. The van der Waals surface area contributed by atoms with Crippen LogP contribution in [0.25, 0.3) is 0 Å². The molecule has 1 N–H and O–H groups in total. The van der Waals surface area contributed by atoms with Gasteiger partial charge in [0.1, 0.15) is 6.29 Å². The summed E-state index contributed by atoms with van der Waals surface area (Å²) < 4.78 is 1.72. The smallest absolute Gasteiger partial charge is 0.116 e. The van der Waals surface area contributed by atoms with Gasteiger partial charge in [-0.3, -0.25) is 0 Å². The van der Waals surface area contributed by atoms with Crippen molar-refractivity contribution < 1.29 is 9.90 Å². The van der Waals surface area contributed by atoms with Crippen molar-refractivity contribution in [3.63, 3.8) is 0 Å². The Hall–Kier alpha value is -0.120. The molecule has 0 aromatic rings. The van der Waals surface area contributed by atoms with Crippen molar-refractivity contribution in [2.75, 3.05) is 13.1 Å². The highest BCUT2D eigenvalue weighted by Gasteiger charge is 2.13. The number of carbonyl (C=O) groups is 1. The number of nitrogens with zero attached hydrogens (tertiary/aromatic N) is 1. The molecule has 66 valence electrons. The van der Waals surface area contributed by atoms with Gasteiger partial charge >= 0.3 is 0 Å². The Kier molecular flexibility index (Phi) is 6.51. The molecule has 4 heteroatoms. The number of rotatable bonds is 0. The Morgan fingerprint density at radius 2 is 1.91 bits per heavy atom. The zero-order chi connectivity index (χ0) is 8.69. The van der Waals surface area contributed by atoms with Gasteiger partial charge in [-0.25, -0.2) is 4.42 Å². The summed E-state index contributed by atoms with van der Waals surface area (Å²) in [5, 5.41) is 8.94. The van der Waals surface area contributed by atoms with Gasteiger partial charge in [0.25, 0.3) is 0 Å². The Morgan fingerprint density at radius 1 is 1.55 bits per heavy atom. The number of aliphatic hydroxyl groups is 1. The molecule has 0 saturated carbocycles. The second-order valence-electron chi connectivity index (χ2n) is 2.38. The number of aliphatic hydroxyl groups excluding tert-OH is 1. The fraction of sp³-hybridized carbons (Fsp3) is 0.857. The maximum atomic E-state index is 8.94. The van der Waals surface area contributed by atoms with Crippen LogP contribution in [0.5, 0.6) is 0 Å². The van der Waals surface area contributed by atoms with Crippen LogP contribution < -0.4 is 0 Å². The van der Waals surface area contributed by atoms with Gasteiger partial charge in [-0.1, -0.05) is 0 Å². The van der Waals surface area contributed by atoms with Crippen LogP contribution in [0.2, 0.25) is 0 Å². The van der Waals surface area contributed by atoms with Gasteiger partial charge in [0.2, 0.25) is 0 Å². The third kappa shape index (κ3) is 6.28. The molecular weight excluding hydrogens is 166 g/mol.